The van der Waals surface area contributed by atoms with E-state index >= 15 is 0 Å². The number of hydrogen-bond acceptors (Lipinski definition) is 5. The number of thiazole rings is 1. The summed E-state index contributed by atoms with van der Waals surface area (Å²) in [4.78, 5) is 20.7. The van der Waals surface area contributed by atoms with Crippen molar-refractivity contribution < 1.29 is 0 Å². The summed E-state index contributed by atoms with van der Waals surface area (Å²) in [6.45, 7) is 10.4. The van der Waals surface area contributed by atoms with Gasteiger partial charge in [0.2, 0.25) is 0 Å². The Morgan fingerprint density at radius 3 is 2.56 bits per heavy atom. The van der Waals surface area contributed by atoms with Crippen molar-refractivity contribution >= 4 is 11.3 Å². The van der Waals surface area contributed by atoms with Gasteiger partial charge in [-0.2, -0.15) is 5.10 Å². The SMILES string of the molecule is CC(C)(C)c1ccc(=O)n(CC2CCN(Cc3cnc(C4CC4)s3)CC2)n1. The van der Waals surface area contributed by atoms with E-state index in [4.69, 9.17) is 0 Å². The molecule has 6 heteroatoms. The summed E-state index contributed by atoms with van der Waals surface area (Å²) in [7, 11) is 0. The van der Waals surface area contributed by atoms with Crippen LogP contribution in [0.15, 0.2) is 23.1 Å². The van der Waals surface area contributed by atoms with E-state index in [1.807, 2.05) is 17.4 Å². The van der Waals surface area contributed by atoms with Gasteiger partial charge in [-0.3, -0.25) is 9.69 Å². The highest BCUT2D eigenvalue weighted by Gasteiger charge is 2.27. The molecule has 27 heavy (non-hydrogen) atoms. The average molecular weight is 387 g/mol. The number of piperidine rings is 1. The van der Waals surface area contributed by atoms with Gasteiger partial charge in [-0.05, 0) is 50.8 Å². The van der Waals surface area contributed by atoms with Crippen LogP contribution >= 0.6 is 11.3 Å². The zero-order chi connectivity index (χ0) is 19.0. The summed E-state index contributed by atoms with van der Waals surface area (Å²) in [5, 5.41) is 5.97. The maximum Gasteiger partial charge on any atom is 0.266 e. The van der Waals surface area contributed by atoms with E-state index < -0.39 is 0 Å². The van der Waals surface area contributed by atoms with Gasteiger partial charge in [0.15, 0.2) is 0 Å². The van der Waals surface area contributed by atoms with Crippen molar-refractivity contribution in [3.8, 4) is 0 Å². The van der Waals surface area contributed by atoms with Gasteiger partial charge in [-0.25, -0.2) is 9.67 Å². The molecule has 4 rings (SSSR count). The molecule has 0 bridgehead atoms. The number of likely N-dealkylation sites (tertiary alicyclic amines) is 1. The molecule has 3 heterocycles. The van der Waals surface area contributed by atoms with Crippen LogP contribution in [0.5, 0.6) is 0 Å². The Labute approximate surface area is 165 Å². The molecule has 1 aliphatic carbocycles. The topological polar surface area (TPSA) is 51.0 Å². The molecule has 1 saturated carbocycles. The van der Waals surface area contributed by atoms with Crippen LogP contribution in [0.3, 0.4) is 0 Å². The van der Waals surface area contributed by atoms with Crippen molar-refractivity contribution in [1.29, 1.82) is 0 Å². The highest BCUT2D eigenvalue weighted by molar-refractivity contribution is 7.11. The van der Waals surface area contributed by atoms with Crippen LogP contribution in [-0.4, -0.2) is 32.8 Å². The Hall–Kier alpha value is -1.53. The van der Waals surface area contributed by atoms with Crippen molar-refractivity contribution in [3.63, 3.8) is 0 Å². The maximum atomic E-state index is 12.2. The molecule has 0 unspecified atom stereocenters. The first-order valence-corrected chi connectivity index (χ1v) is 11.0. The molecule has 2 aliphatic rings. The van der Waals surface area contributed by atoms with E-state index in [1.165, 1.54) is 22.7 Å². The van der Waals surface area contributed by atoms with Gasteiger partial charge in [0.1, 0.15) is 0 Å². The first-order chi connectivity index (χ1) is 12.9. The molecule has 146 valence electrons. The molecule has 0 aromatic carbocycles. The van der Waals surface area contributed by atoms with E-state index in [9.17, 15) is 4.79 Å². The molecule has 0 amide bonds. The van der Waals surface area contributed by atoms with E-state index in [2.05, 4.69) is 42.0 Å². The van der Waals surface area contributed by atoms with Gasteiger partial charge < -0.3 is 0 Å². The summed E-state index contributed by atoms with van der Waals surface area (Å²) in [6.07, 6.45) is 6.97. The monoisotopic (exact) mass is 386 g/mol. The van der Waals surface area contributed by atoms with E-state index in [0.29, 0.717) is 5.92 Å². The molecule has 2 fully saturated rings. The molecular weight excluding hydrogens is 356 g/mol. The first-order valence-electron chi connectivity index (χ1n) is 10.1. The van der Waals surface area contributed by atoms with Gasteiger partial charge in [0.05, 0.1) is 10.7 Å². The fourth-order valence-electron chi connectivity index (χ4n) is 3.69. The number of rotatable bonds is 5. The smallest absolute Gasteiger partial charge is 0.266 e. The van der Waals surface area contributed by atoms with Crippen molar-refractivity contribution in [2.75, 3.05) is 13.1 Å². The van der Waals surface area contributed by atoms with E-state index in [1.54, 1.807) is 10.7 Å². The second-order valence-corrected chi connectivity index (χ2v) is 10.3. The molecule has 0 radical (unpaired) electrons. The highest BCUT2D eigenvalue weighted by atomic mass is 32.1. The highest BCUT2D eigenvalue weighted by Crippen LogP contribution is 2.42. The Kier molecular flexibility index (Phi) is 5.21. The van der Waals surface area contributed by atoms with Crippen LogP contribution in [0.2, 0.25) is 0 Å². The Morgan fingerprint density at radius 1 is 1.15 bits per heavy atom. The first kappa shape index (κ1) is 18.8. The Bertz CT molecular complexity index is 838. The molecule has 0 N–H and O–H groups in total. The van der Waals surface area contributed by atoms with Crippen LogP contribution in [0.1, 0.15) is 68.0 Å². The minimum Gasteiger partial charge on any atom is -0.298 e. The van der Waals surface area contributed by atoms with Gasteiger partial charge in [0, 0.05) is 41.6 Å². The zero-order valence-electron chi connectivity index (χ0n) is 16.6. The van der Waals surface area contributed by atoms with Crippen molar-refractivity contribution in [1.82, 2.24) is 19.7 Å². The minimum absolute atomic E-state index is 0.0164. The zero-order valence-corrected chi connectivity index (χ0v) is 17.5. The van der Waals surface area contributed by atoms with E-state index in [0.717, 1.165) is 50.6 Å². The maximum absolute atomic E-state index is 12.2. The predicted octanol–water partition coefficient (Wildman–Crippen LogP) is 3.79. The minimum atomic E-state index is -0.0348. The second-order valence-electron chi connectivity index (χ2n) is 9.15. The molecule has 5 nitrogen and oxygen atoms in total. The normalized spacial score (nSPS) is 19.5. The molecule has 0 atom stereocenters. The van der Waals surface area contributed by atoms with Crippen molar-refractivity contribution in [2.24, 2.45) is 5.92 Å². The van der Waals surface area contributed by atoms with Crippen LogP contribution in [0.4, 0.5) is 0 Å². The number of hydrogen-bond donors (Lipinski definition) is 0. The summed E-state index contributed by atoms with van der Waals surface area (Å²) in [6, 6.07) is 3.54. The molecular formula is C21H30N4OS. The molecule has 2 aromatic heterocycles. The lowest BCUT2D eigenvalue weighted by Crippen LogP contribution is -2.36. The van der Waals surface area contributed by atoms with Crippen molar-refractivity contribution in [2.45, 2.75) is 70.9 Å². The fourth-order valence-corrected chi connectivity index (χ4v) is 4.82. The van der Waals surface area contributed by atoms with Gasteiger partial charge in [0.25, 0.3) is 5.56 Å². The van der Waals surface area contributed by atoms with Crippen molar-refractivity contribution in [3.05, 3.63) is 44.3 Å². The third-order valence-electron chi connectivity index (χ3n) is 5.65. The van der Waals surface area contributed by atoms with Crippen LogP contribution in [-0.2, 0) is 18.5 Å². The third-order valence-corrected chi connectivity index (χ3v) is 6.80. The average Bonchev–Trinajstić information content (AvgIpc) is 3.37. The summed E-state index contributed by atoms with van der Waals surface area (Å²) < 4.78 is 1.69. The lowest BCUT2D eigenvalue weighted by Gasteiger charge is -2.31. The molecule has 1 saturated heterocycles. The third kappa shape index (κ3) is 4.66. The quantitative estimate of drug-likeness (QED) is 0.785. The summed E-state index contributed by atoms with van der Waals surface area (Å²) in [5.74, 6) is 1.29. The standard InChI is InChI=1S/C21H30N4OS/c1-21(2,3)18-6-7-19(26)25(23-18)13-15-8-10-24(11-9-15)14-17-12-22-20(27-17)16-4-5-16/h6-7,12,15-16H,4-5,8-11,13-14H2,1-3H3. The van der Waals surface area contributed by atoms with E-state index in [-0.39, 0.29) is 11.0 Å². The molecule has 1 aliphatic heterocycles. The fraction of sp³-hybridized carbons (Fsp3) is 0.667. The predicted molar refractivity (Wildman–Crippen MR) is 109 cm³/mol. The van der Waals surface area contributed by atoms with Crippen LogP contribution in [0.25, 0.3) is 0 Å². The molecule has 2 aromatic rings. The second kappa shape index (κ2) is 7.47. The summed E-state index contributed by atoms with van der Waals surface area (Å²) in [5.41, 5.74) is 0.964. The van der Waals surface area contributed by atoms with Gasteiger partial charge >= 0.3 is 0 Å². The number of nitrogens with zero attached hydrogens (tertiary/aromatic N) is 4. The Morgan fingerprint density at radius 2 is 1.89 bits per heavy atom. The van der Waals surface area contributed by atoms with Gasteiger partial charge in [-0.15, -0.1) is 11.3 Å². The lowest BCUT2D eigenvalue weighted by molar-refractivity contribution is 0.164. The number of aromatic nitrogens is 3. The lowest BCUT2D eigenvalue weighted by atomic mass is 9.92. The summed E-state index contributed by atoms with van der Waals surface area (Å²) >= 11 is 1.90. The van der Waals surface area contributed by atoms with Crippen LogP contribution in [0, 0.1) is 5.92 Å². The Balaban J connectivity index is 1.32. The largest absolute Gasteiger partial charge is 0.298 e. The van der Waals surface area contributed by atoms with Crippen LogP contribution < -0.4 is 5.56 Å². The van der Waals surface area contributed by atoms with Gasteiger partial charge in [-0.1, -0.05) is 20.8 Å². The molecule has 0 spiro atoms.